The average Bonchev–Trinajstić information content (AvgIpc) is 3.19. The zero-order valence-electron chi connectivity index (χ0n) is 14.7. The number of aromatic nitrogens is 3. The molecule has 0 aromatic carbocycles. The van der Waals surface area contributed by atoms with Gasteiger partial charge in [0.25, 0.3) is 0 Å². The number of nitrogens with one attached hydrogen (secondary N) is 3. The Hall–Kier alpha value is -1.93. The van der Waals surface area contributed by atoms with Crippen molar-refractivity contribution < 1.29 is 0 Å². The monoisotopic (exact) mass is 417 g/mol. The van der Waals surface area contributed by atoms with Crippen molar-refractivity contribution in [2.24, 2.45) is 0 Å². The van der Waals surface area contributed by atoms with Crippen LogP contribution in [-0.2, 0) is 0 Å². The van der Waals surface area contributed by atoms with Crippen molar-refractivity contribution in [3.8, 4) is 0 Å². The Morgan fingerprint density at radius 1 is 1.08 bits per heavy atom. The molecule has 1 aliphatic heterocycles. The van der Waals surface area contributed by atoms with Crippen LogP contribution in [0.3, 0.4) is 0 Å². The minimum atomic E-state index is 0.505. The van der Waals surface area contributed by atoms with Crippen molar-refractivity contribution in [1.29, 1.82) is 0 Å². The third-order valence-electron chi connectivity index (χ3n) is 4.91. The molecule has 2 aliphatic rings. The van der Waals surface area contributed by atoms with Gasteiger partial charge in [-0.1, -0.05) is 12.8 Å². The molecule has 3 N–H and O–H groups in total. The van der Waals surface area contributed by atoms with Crippen molar-refractivity contribution in [2.75, 3.05) is 41.7 Å². The first kappa shape index (κ1) is 17.5. The van der Waals surface area contributed by atoms with Gasteiger partial charge in [-0.15, -0.1) is 0 Å². The lowest BCUT2D eigenvalue weighted by atomic mass is 10.2. The van der Waals surface area contributed by atoms with Crippen molar-refractivity contribution in [3.05, 3.63) is 29.0 Å². The Labute approximate surface area is 162 Å². The second-order valence-electron chi connectivity index (χ2n) is 6.78. The molecule has 0 unspecified atom stereocenters. The Morgan fingerprint density at radius 2 is 1.88 bits per heavy atom. The molecule has 138 valence electrons. The van der Waals surface area contributed by atoms with Gasteiger partial charge in [-0.2, -0.15) is 4.98 Å². The van der Waals surface area contributed by atoms with E-state index >= 15 is 0 Å². The van der Waals surface area contributed by atoms with E-state index in [-0.39, 0.29) is 0 Å². The second kappa shape index (κ2) is 8.18. The third kappa shape index (κ3) is 4.24. The molecule has 2 aromatic rings. The highest BCUT2D eigenvalue weighted by Gasteiger charge is 2.17. The number of piperazine rings is 1. The van der Waals surface area contributed by atoms with Crippen molar-refractivity contribution in [2.45, 2.75) is 31.7 Å². The lowest BCUT2D eigenvalue weighted by Gasteiger charge is -2.29. The summed E-state index contributed by atoms with van der Waals surface area (Å²) >= 11 is 3.54. The molecule has 0 radical (unpaired) electrons. The molecular formula is C18H24BrN7. The minimum Gasteiger partial charge on any atom is -0.368 e. The van der Waals surface area contributed by atoms with E-state index in [4.69, 9.17) is 0 Å². The van der Waals surface area contributed by atoms with Crippen molar-refractivity contribution in [3.63, 3.8) is 0 Å². The summed E-state index contributed by atoms with van der Waals surface area (Å²) in [6, 6.07) is 4.58. The second-order valence-corrected chi connectivity index (χ2v) is 7.63. The Morgan fingerprint density at radius 3 is 2.62 bits per heavy atom. The molecular weight excluding hydrogens is 394 g/mol. The van der Waals surface area contributed by atoms with Crippen LogP contribution in [-0.4, -0.2) is 47.2 Å². The smallest absolute Gasteiger partial charge is 0.230 e. The quantitative estimate of drug-likeness (QED) is 0.689. The number of hydrogen-bond donors (Lipinski definition) is 3. The molecule has 4 rings (SSSR count). The first-order valence-electron chi connectivity index (χ1n) is 9.26. The van der Waals surface area contributed by atoms with Gasteiger partial charge in [0, 0.05) is 38.4 Å². The number of anilines is 4. The van der Waals surface area contributed by atoms with E-state index in [1.807, 2.05) is 12.3 Å². The lowest BCUT2D eigenvalue weighted by molar-refractivity contribution is 0.589. The number of pyridine rings is 1. The molecule has 2 fully saturated rings. The normalized spacial score (nSPS) is 18.1. The van der Waals surface area contributed by atoms with Crippen molar-refractivity contribution in [1.82, 2.24) is 20.3 Å². The molecule has 8 heteroatoms. The predicted molar refractivity (Wildman–Crippen MR) is 108 cm³/mol. The van der Waals surface area contributed by atoms with Crippen LogP contribution in [0.1, 0.15) is 25.7 Å². The van der Waals surface area contributed by atoms with E-state index in [0.29, 0.717) is 12.0 Å². The highest BCUT2D eigenvalue weighted by Crippen LogP contribution is 2.27. The predicted octanol–water partition coefficient (Wildman–Crippen LogP) is 3.14. The summed E-state index contributed by atoms with van der Waals surface area (Å²) in [4.78, 5) is 15.8. The van der Waals surface area contributed by atoms with Gasteiger partial charge in [-0.3, -0.25) is 0 Å². The van der Waals surface area contributed by atoms with Crippen molar-refractivity contribution >= 4 is 39.2 Å². The SMILES string of the molecule is Brc1cnc(Nc2ccc(N3CCNCC3)cn2)nc1NC1CCCC1. The zero-order valence-corrected chi connectivity index (χ0v) is 16.3. The summed E-state index contributed by atoms with van der Waals surface area (Å²) in [5.41, 5.74) is 1.15. The van der Waals surface area contributed by atoms with Gasteiger partial charge >= 0.3 is 0 Å². The number of rotatable bonds is 5. The highest BCUT2D eigenvalue weighted by molar-refractivity contribution is 9.10. The molecule has 1 aliphatic carbocycles. The van der Waals surface area contributed by atoms with Gasteiger partial charge in [0.05, 0.1) is 16.4 Å². The molecule has 3 heterocycles. The van der Waals surface area contributed by atoms with E-state index < -0.39 is 0 Å². The van der Waals surface area contributed by atoms with E-state index in [9.17, 15) is 0 Å². The first-order chi connectivity index (χ1) is 12.8. The van der Waals surface area contributed by atoms with Crippen LogP contribution >= 0.6 is 15.9 Å². The first-order valence-corrected chi connectivity index (χ1v) is 10.0. The summed E-state index contributed by atoms with van der Waals surface area (Å²) in [7, 11) is 0. The van der Waals surface area contributed by atoms with Crippen LogP contribution in [0.15, 0.2) is 29.0 Å². The molecule has 0 atom stereocenters. The lowest BCUT2D eigenvalue weighted by Crippen LogP contribution is -2.43. The van der Waals surface area contributed by atoms with Crippen LogP contribution in [0.5, 0.6) is 0 Å². The standard InChI is InChI=1S/C18H24BrN7/c19-15-12-22-18(25-17(15)23-13-3-1-2-4-13)24-16-6-5-14(11-21-16)26-9-7-20-8-10-26/h5-6,11-13,20H,1-4,7-10H2,(H2,21,22,23,24,25). The van der Waals surface area contributed by atoms with E-state index in [1.165, 1.54) is 25.7 Å². The summed E-state index contributed by atoms with van der Waals surface area (Å²) < 4.78 is 0.886. The third-order valence-corrected chi connectivity index (χ3v) is 5.49. The van der Waals surface area contributed by atoms with Crippen LogP contribution in [0, 0.1) is 0 Å². The maximum absolute atomic E-state index is 4.60. The molecule has 1 saturated heterocycles. The average molecular weight is 418 g/mol. The number of hydrogen-bond acceptors (Lipinski definition) is 7. The Bertz CT molecular complexity index is 725. The van der Waals surface area contributed by atoms with Gasteiger partial charge in [-0.05, 0) is 40.9 Å². The highest BCUT2D eigenvalue weighted by atomic mass is 79.9. The fraction of sp³-hybridized carbons (Fsp3) is 0.500. The fourth-order valence-electron chi connectivity index (χ4n) is 3.48. The molecule has 0 spiro atoms. The fourth-order valence-corrected chi connectivity index (χ4v) is 3.78. The minimum absolute atomic E-state index is 0.505. The molecule has 26 heavy (non-hydrogen) atoms. The van der Waals surface area contributed by atoms with Gasteiger partial charge in [0.15, 0.2) is 0 Å². The maximum Gasteiger partial charge on any atom is 0.230 e. The van der Waals surface area contributed by atoms with Crippen LogP contribution in [0.25, 0.3) is 0 Å². The van der Waals surface area contributed by atoms with Gasteiger partial charge < -0.3 is 20.9 Å². The number of nitrogens with zero attached hydrogens (tertiary/aromatic N) is 4. The molecule has 7 nitrogen and oxygen atoms in total. The summed E-state index contributed by atoms with van der Waals surface area (Å²) in [5, 5.41) is 10.1. The number of halogens is 1. The molecule has 0 amide bonds. The molecule has 0 bridgehead atoms. The van der Waals surface area contributed by atoms with Gasteiger partial charge in [0.1, 0.15) is 11.6 Å². The van der Waals surface area contributed by atoms with Crippen LogP contribution < -0.4 is 20.9 Å². The van der Waals surface area contributed by atoms with E-state index in [2.05, 4.69) is 57.8 Å². The summed E-state index contributed by atoms with van der Waals surface area (Å²) in [6.07, 6.45) is 8.66. The van der Waals surface area contributed by atoms with Gasteiger partial charge in [-0.25, -0.2) is 9.97 Å². The summed E-state index contributed by atoms with van der Waals surface area (Å²) in [6.45, 7) is 4.06. The maximum atomic E-state index is 4.60. The zero-order chi connectivity index (χ0) is 17.8. The Kier molecular flexibility index (Phi) is 5.50. The summed E-state index contributed by atoms with van der Waals surface area (Å²) in [5.74, 6) is 2.14. The topological polar surface area (TPSA) is 78.0 Å². The van der Waals surface area contributed by atoms with E-state index in [1.54, 1.807) is 6.20 Å². The molecule has 1 saturated carbocycles. The largest absolute Gasteiger partial charge is 0.368 e. The van der Waals surface area contributed by atoms with E-state index in [0.717, 1.165) is 48.0 Å². The molecule has 2 aromatic heterocycles. The van der Waals surface area contributed by atoms with Gasteiger partial charge in [0.2, 0.25) is 5.95 Å². The van der Waals surface area contributed by atoms with Crippen LogP contribution in [0.4, 0.5) is 23.3 Å². The van der Waals surface area contributed by atoms with Crippen LogP contribution in [0.2, 0.25) is 0 Å². The Balaban J connectivity index is 1.43.